The number of nitrogens with two attached hydrogens (primary N) is 1. The van der Waals surface area contributed by atoms with E-state index >= 15 is 0 Å². The first-order valence-corrected chi connectivity index (χ1v) is 6.75. The van der Waals surface area contributed by atoms with Gasteiger partial charge in [0.05, 0.1) is 0 Å². The van der Waals surface area contributed by atoms with Crippen molar-refractivity contribution in [3.63, 3.8) is 0 Å². The molecule has 2 unspecified atom stereocenters. The van der Waals surface area contributed by atoms with Crippen molar-refractivity contribution in [3.8, 4) is 0 Å². The van der Waals surface area contributed by atoms with E-state index in [2.05, 4.69) is 37.6 Å². The van der Waals surface area contributed by atoms with Crippen molar-refractivity contribution in [3.05, 3.63) is 0 Å². The van der Waals surface area contributed by atoms with Gasteiger partial charge in [0.15, 0.2) is 0 Å². The van der Waals surface area contributed by atoms with Gasteiger partial charge in [0.1, 0.15) is 0 Å². The van der Waals surface area contributed by atoms with E-state index in [-0.39, 0.29) is 0 Å². The second-order valence-corrected chi connectivity index (χ2v) is 5.95. The molecule has 0 aromatic rings. The van der Waals surface area contributed by atoms with Gasteiger partial charge in [0.2, 0.25) is 0 Å². The first-order chi connectivity index (χ1) is 6.61. The van der Waals surface area contributed by atoms with Crippen molar-refractivity contribution in [2.45, 2.75) is 32.7 Å². The summed E-state index contributed by atoms with van der Waals surface area (Å²) < 4.78 is 0. The Bertz CT molecular complexity index is 163. The summed E-state index contributed by atoms with van der Waals surface area (Å²) in [4.78, 5) is 2.51. The molecule has 0 saturated carbocycles. The number of hydrogen-bond acceptors (Lipinski definition) is 3. The van der Waals surface area contributed by atoms with Gasteiger partial charge >= 0.3 is 0 Å². The summed E-state index contributed by atoms with van der Waals surface area (Å²) in [6.45, 7) is 6.48. The SMILES string of the molecule is CCC(C)(CN)CN(C)C1CCSC1. The Balaban J connectivity index is 2.41. The zero-order valence-electron chi connectivity index (χ0n) is 9.75. The van der Waals surface area contributed by atoms with E-state index in [1.165, 1.54) is 24.3 Å². The molecule has 0 bridgehead atoms. The van der Waals surface area contributed by atoms with E-state index in [1.54, 1.807) is 0 Å². The Labute approximate surface area is 92.6 Å². The lowest BCUT2D eigenvalue weighted by atomic mass is 9.87. The Morgan fingerprint density at radius 2 is 2.29 bits per heavy atom. The summed E-state index contributed by atoms with van der Waals surface area (Å²) in [6.07, 6.45) is 2.53. The monoisotopic (exact) mass is 216 g/mol. The molecule has 2 nitrogen and oxygen atoms in total. The third-order valence-corrected chi connectivity index (χ3v) is 4.65. The van der Waals surface area contributed by atoms with E-state index in [9.17, 15) is 0 Å². The minimum absolute atomic E-state index is 0.308. The van der Waals surface area contributed by atoms with E-state index in [0.29, 0.717) is 5.41 Å². The molecule has 14 heavy (non-hydrogen) atoms. The molecule has 1 aliphatic rings. The molecule has 2 atom stereocenters. The molecular formula is C11H24N2S. The van der Waals surface area contributed by atoms with Crippen molar-refractivity contribution in [1.82, 2.24) is 4.90 Å². The van der Waals surface area contributed by atoms with Crippen LogP contribution in [0.15, 0.2) is 0 Å². The first-order valence-electron chi connectivity index (χ1n) is 5.59. The molecule has 0 amide bonds. The Kier molecular flexibility index (Phi) is 4.74. The highest BCUT2D eigenvalue weighted by molar-refractivity contribution is 7.99. The van der Waals surface area contributed by atoms with E-state index in [4.69, 9.17) is 5.73 Å². The topological polar surface area (TPSA) is 29.3 Å². The van der Waals surface area contributed by atoms with Gasteiger partial charge in [-0.2, -0.15) is 11.8 Å². The second kappa shape index (κ2) is 5.38. The number of rotatable bonds is 5. The lowest BCUT2D eigenvalue weighted by molar-refractivity contribution is 0.158. The lowest BCUT2D eigenvalue weighted by Gasteiger charge is -2.34. The molecule has 0 aromatic carbocycles. The van der Waals surface area contributed by atoms with Crippen molar-refractivity contribution >= 4 is 11.8 Å². The molecule has 0 aliphatic carbocycles. The lowest BCUT2D eigenvalue weighted by Crippen LogP contribution is -2.43. The predicted octanol–water partition coefficient (Wildman–Crippen LogP) is 1.80. The Morgan fingerprint density at radius 3 is 2.71 bits per heavy atom. The van der Waals surface area contributed by atoms with E-state index in [0.717, 1.165) is 19.1 Å². The fourth-order valence-electron chi connectivity index (χ4n) is 1.92. The van der Waals surface area contributed by atoms with Crippen molar-refractivity contribution in [2.24, 2.45) is 11.1 Å². The summed E-state index contributed by atoms with van der Waals surface area (Å²) >= 11 is 2.08. The molecular weight excluding hydrogens is 192 g/mol. The number of hydrogen-bond donors (Lipinski definition) is 1. The van der Waals surface area contributed by atoms with Gasteiger partial charge in [-0.15, -0.1) is 0 Å². The fourth-order valence-corrected chi connectivity index (χ4v) is 3.22. The van der Waals surface area contributed by atoms with Crippen LogP contribution in [0.1, 0.15) is 26.7 Å². The summed E-state index contributed by atoms with van der Waals surface area (Å²) in [5.74, 6) is 2.64. The smallest absolute Gasteiger partial charge is 0.0191 e. The van der Waals surface area contributed by atoms with Crippen LogP contribution in [0.4, 0.5) is 0 Å². The Hall–Kier alpha value is 0.270. The van der Waals surface area contributed by atoms with Gasteiger partial charge in [-0.3, -0.25) is 0 Å². The molecule has 1 rings (SSSR count). The number of nitrogens with zero attached hydrogens (tertiary/aromatic N) is 1. The highest BCUT2D eigenvalue weighted by Crippen LogP contribution is 2.26. The van der Waals surface area contributed by atoms with Crippen LogP contribution >= 0.6 is 11.8 Å². The fraction of sp³-hybridized carbons (Fsp3) is 1.00. The standard InChI is InChI=1S/C11H24N2S/c1-4-11(2,8-12)9-13(3)10-5-6-14-7-10/h10H,4-9,12H2,1-3H3. The number of thioether (sulfide) groups is 1. The predicted molar refractivity (Wildman–Crippen MR) is 65.8 cm³/mol. The van der Waals surface area contributed by atoms with Gasteiger partial charge in [-0.25, -0.2) is 0 Å². The van der Waals surface area contributed by atoms with Crippen molar-refractivity contribution < 1.29 is 0 Å². The van der Waals surface area contributed by atoms with Crippen molar-refractivity contribution in [2.75, 3.05) is 31.6 Å². The zero-order valence-corrected chi connectivity index (χ0v) is 10.6. The molecule has 2 N–H and O–H groups in total. The Morgan fingerprint density at radius 1 is 1.57 bits per heavy atom. The summed E-state index contributed by atoms with van der Waals surface area (Å²) in [6, 6.07) is 0.789. The largest absolute Gasteiger partial charge is 0.330 e. The maximum atomic E-state index is 5.83. The maximum absolute atomic E-state index is 5.83. The van der Waals surface area contributed by atoms with Crippen LogP contribution in [-0.2, 0) is 0 Å². The van der Waals surface area contributed by atoms with Crippen LogP contribution in [0.3, 0.4) is 0 Å². The summed E-state index contributed by atoms with van der Waals surface area (Å²) in [5.41, 5.74) is 6.14. The molecule has 1 fully saturated rings. The average Bonchev–Trinajstić information content (AvgIpc) is 2.70. The van der Waals surface area contributed by atoms with Gasteiger partial charge < -0.3 is 10.6 Å². The quantitative estimate of drug-likeness (QED) is 0.760. The van der Waals surface area contributed by atoms with Crippen LogP contribution in [0.2, 0.25) is 0 Å². The average molecular weight is 216 g/mol. The highest BCUT2D eigenvalue weighted by atomic mass is 32.2. The highest BCUT2D eigenvalue weighted by Gasteiger charge is 2.27. The molecule has 1 saturated heterocycles. The summed E-state index contributed by atoms with van der Waals surface area (Å²) in [5, 5.41) is 0. The molecule has 1 aliphatic heterocycles. The third kappa shape index (κ3) is 3.14. The van der Waals surface area contributed by atoms with Gasteiger partial charge in [0.25, 0.3) is 0 Å². The van der Waals surface area contributed by atoms with Crippen LogP contribution < -0.4 is 5.73 Å². The minimum atomic E-state index is 0.308. The molecule has 0 aromatic heterocycles. The third-order valence-electron chi connectivity index (χ3n) is 3.51. The van der Waals surface area contributed by atoms with Crippen LogP contribution in [0.5, 0.6) is 0 Å². The maximum Gasteiger partial charge on any atom is 0.0191 e. The van der Waals surface area contributed by atoms with Crippen molar-refractivity contribution in [1.29, 1.82) is 0 Å². The van der Waals surface area contributed by atoms with Gasteiger partial charge in [-0.05, 0) is 37.6 Å². The zero-order chi connectivity index (χ0) is 10.6. The van der Waals surface area contributed by atoms with Crippen LogP contribution in [0, 0.1) is 5.41 Å². The van der Waals surface area contributed by atoms with Gasteiger partial charge in [0, 0.05) is 18.3 Å². The first kappa shape index (κ1) is 12.3. The molecule has 0 spiro atoms. The van der Waals surface area contributed by atoms with Crippen LogP contribution in [0.25, 0.3) is 0 Å². The minimum Gasteiger partial charge on any atom is -0.330 e. The van der Waals surface area contributed by atoms with Crippen LogP contribution in [-0.4, -0.2) is 42.6 Å². The molecule has 3 heteroatoms. The van der Waals surface area contributed by atoms with Gasteiger partial charge in [-0.1, -0.05) is 13.8 Å². The van der Waals surface area contributed by atoms with E-state index in [1.807, 2.05) is 0 Å². The van der Waals surface area contributed by atoms with E-state index < -0.39 is 0 Å². The molecule has 1 heterocycles. The molecule has 0 radical (unpaired) electrons. The molecule has 84 valence electrons. The second-order valence-electron chi connectivity index (χ2n) is 4.80. The normalized spacial score (nSPS) is 26.8. The summed E-state index contributed by atoms with van der Waals surface area (Å²) in [7, 11) is 2.25.